The lowest BCUT2D eigenvalue weighted by Gasteiger charge is -2.28. The number of anilines is 1. The molecule has 24 heavy (non-hydrogen) atoms. The van der Waals surface area contributed by atoms with E-state index in [0.717, 1.165) is 22.6 Å². The number of rotatable bonds is 4. The zero-order valence-electron chi connectivity index (χ0n) is 13.4. The number of para-hydroxylation sites is 1. The van der Waals surface area contributed by atoms with Crippen LogP contribution in [0.25, 0.3) is 0 Å². The number of furan rings is 1. The van der Waals surface area contributed by atoms with Crippen molar-refractivity contribution in [2.24, 2.45) is 0 Å². The minimum Gasteiger partial charge on any atom is -0.468 e. The maximum atomic E-state index is 13.2. The van der Waals surface area contributed by atoms with Crippen molar-refractivity contribution in [3.05, 3.63) is 89.9 Å². The Balaban J connectivity index is 1.72. The van der Waals surface area contributed by atoms with Gasteiger partial charge in [0.25, 0.3) is 5.91 Å². The van der Waals surface area contributed by atoms with E-state index in [1.165, 1.54) is 0 Å². The molecule has 0 aliphatic carbocycles. The van der Waals surface area contributed by atoms with Crippen LogP contribution in [-0.4, -0.2) is 18.0 Å². The van der Waals surface area contributed by atoms with E-state index in [1.54, 1.807) is 11.3 Å². The van der Waals surface area contributed by atoms with Gasteiger partial charge < -0.3 is 4.42 Å². The van der Waals surface area contributed by atoms with Gasteiger partial charge in [-0.2, -0.15) is 0 Å². The molecule has 1 unspecified atom stereocenters. The number of hydrogen-bond donors (Lipinski definition) is 0. The highest BCUT2D eigenvalue weighted by atomic mass is 16.3. The molecule has 4 heteroatoms. The predicted octanol–water partition coefficient (Wildman–Crippen LogP) is 3.81. The third kappa shape index (κ3) is 2.41. The molecule has 3 aromatic rings. The minimum absolute atomic E-state index is 0.0662. The van der Waals surface area contributed by atoms with Crippen molar-refractivity contribution in [1.29, 1.82) is 0 Å². The van der Waals surface area contributed by atoms with E-state index in [9.17, 15) is 4.79 Å². The van der Waals surface area contributed by atoms with E-state index in [2.05, 4.69) is 0 Å². The summed E-state index contributed by atoms with van der Waals surface area (Å²) in [5.74, 6) is 0.629. The van der Waals surface area contributed by atoms with Gasteiger partial charge in [-0.15, -0.1) is 0 Å². The molecule has 1 aliphatic rings. The van der Waals surface area contributed by atoms with Gasteiger partial charge in [-0.05, 0) is 29.3 Å². The largest absolute Gasteiger partial charge is 0.468 e. The summed E-state index contributed by atoms with van der Waals surface area (Å²) in [5.41, 5.74) is 2.99. The Labute approximate surface area is 140 Å². The van der Waals surface area contributed by atoms with Gasteiger partial charge in [0.2, 0.25) is 0 Å². The summed E-state index contributed by atoms with van der Waals surface area (Å²) in [6.45, 7) is 0.536. The molecule has 2 heterocycles. The van der Waals surface area contributed by atoms with Crippen LogP contribution in [0.1, 0.15) is 22.8 Å². The average Bonchev–Trinajstić information content (AvgIpc) is 3.20. The zero-order valence-corrected chi connectivity index (χ0v) is 13.4. The number of nitrogens with zero attached hydrogens (tertiary/aromatic N) is 2. The lowest BCUT2D eigenvalue weighted by Crippen LogP contribution is -2.42. The fraction of sp³-hybridized carbons (Fsp3) is 0.150. The number of carbonyl (C=O) groups excluding carboxylic acids is 1. The first-order valence-corrected chi connectivity index (χ1v) is 7.97. The van der Waals surface area contributed by atoms with Crippen LogP contribution in [0.5, 0.6) is 0 Å². The maximum absolute atomic E-state index is 13.2. The summed E-state index contributed by atoms with van der Waals surface area (Å²) in [5, 5.41) is 3.67. The molecule has 0 radical (unpaired) electrons. The van der Waals surface area contributed by atoms with Gasteiger partial charge in [-0.25, -0.2) is 10.0 Å². The molecule has 4 rings (SSSR count). The summed E-state index contributed by atoms with van der Waals surface area (Å²) in [7, 11) is 1.91. The Kier molecular flexibility index (Phi) is 3.67. The van der Waals surface area contributed by atoms with Crippen molar-refractivity contribution in [3.63, 3.8) is 0 Å². The summed E-state index contributed by atoms with van der Waals surface area (Å²) in [6.07, 6.45) is 1.65. The predicted molar refractivity (Wildman–Crippen MR) is 92.4 cm³/mol. The van der Waals surface area contributed by atoms with E-state index < -0.39 is 0 Å². The number of amides is 1. The molecule has 1 aliphatic heterocycles. The van der Waals surface area contributed by atoms with Gasteiger partial charge in [0.15, 0.2) is 0 Å². The minimum atomic E-state index is -0.263. The highest BCUT2D eigenvalue weighted by molar-refractivity contribution is 6.06. The number of carbonyl (C=O) groups is 1. The van der Waals surface area contributed by atoms with Crippen LogP contribution in [-0.2, 0) is 11.3 Å². The van der Waals surface area contributed by atoms with Gasteiger partial charge in [0.05, 0.1) is 24.4 Å². The molecule has 1 aromatic heterocycles. The van der Waals surface area contributed by atoms with Crippen LogP contribution in [0.15, 0.2) is 77.4 Å². The molecule has 0 N–H and O–H groups in total. The Morgan fingerprint density at radius 2 is 1.75 bits per heavy atom. The first kappa shape index (κ1) is 14.7. The molecule has 0 spiro atoms. The quantitative estimate of drug-likeness (QED) is 0.734. The number of hydrazine groups is 1. The lowest BCUT2D eigenvalue weighted by atomic mass is 9.93. The highest BCUT2D eigenvalue weighted by Gasteiger charge is 2.40. The topological polar surface area (TPSA) is 36.7 Å². The standard InChI is InChI=1S/C20H18N2O2/c1-21(14-16-10-7-13-24-16)22-18-12-6-5-11-17(18)19(20(22)23)15-8-3-2-4-9-15/h2-13,19H,14H2,1H3. The molecule has 120 valence electrons. The first-order valence-electron chi connectivity index (χ1n) is 7.97. The first-order chi connectivity index (χ1) is 11.8. The van der Waals surface area contributed by atoms with Crippen molar-refractivity contribution >= 4 is 11.6 Å². The lowest BCUT2D eigenvalue weighted by molar-refractivity contribution is -0.121. The molecular weight excluding hydrogens is 300 g/mol. The molecule has 0 saturated heterocycles. The number of hydrogen-bond acceptors (Lipinski definition) is 3. The Bertz CT molecular complexity index is 843. The molecule has 4 nitrogen and oxygen atoms in total. The molecule has 0 saturated carbocycles. The van der Waals surface area contributed by atoms with Gasteiger partial charge in [0, 0.05) is 7.05 Å². The van der Waals surface area contributed by atoms with Crippen LogP contribution in [0, 0.1) is 0 Å². The average molecular weight is 318 g/mol. The molecule has 1 atom stereocenters. The third-order valence-corrected chi connectivity index (χ3v) is 4.37. The van der Waals surface area contributed by atoms with Gasteiger partial charge in [-0.3, -0.25) is 4.79 Å². The van der Waals surface area contributed by atoms with Crippen LogP contribution >= 0.6 is 0 Å². The zero-order chi connectivity index (χ0) is 16.5. The summed E-state index contributed by atoms with van der Waals surface area (Å²) < 4.78 is 5.42. The highest BCUT2D eigenvalue weighted by Crippen LogP contribution is 2.41. The van der Waals surface area contributed by atoms with Crippen molar-refractivity contribution in [2.45, 2.75) is 12.5 Å². The number of benzene rings is 2. The SMILES string of the molecule is CN(Cc1ccco1)N1C(=O)C(c2ccccc2)c2ccccc21. The Hall–Kier alpha value is -2.85. The van der Waals surface area contributed by atoms with E-state index in [1.807, 2.05) is 78.8 Å². The molecule has 2 aromatic carbocycles. The summed E-state index contributed by atoms with van der Waals surface area (Å²) >= 11 is 0. The van der Waals surface area contributed by atoms with Crippen LogP contribution in [0.4, 0.5) is 5.69 Å². The summed E-state index contributed by atoms with van der Waals surface area (Å²) in [4.78, 5) is 13.2. The van der Waals surface area contributed by atoms with Crippen molar-refractivity contribution in [2.75, 3.05) is 12.1 Å². The fourth-order valence-corrected chi connectivity index (χ4v) is 3.32. The van der Waals surface area contributed by atoms with Gasteiger partial charge >= 0.3 is 0 Å². The fourth-order valence-electron chi connectivity index (χ4n) is 3.32. The van der Waals surface area contributed by atoms with E-state index in [0.29, 0.717) is 6.54 Å². The monoisotopic (exact) mass is 318 g/mol. The van der Waals surface area contributed by atoms with Crippen molar-refractivity contribution in [1.82, 2.24) is 5.01 Å². The van der Waals surface area contributed by atoms with Gasteiger partial charge in [0.1, 0.15) is 5.76 Å². The van der Waals surface area contributed by atoms with Crippen LogP contribution in [0.3, 0.4) is 0 Å². The molecule has 0 fully saturated rings. The molecule has 0 bridgehead atoms. The summed E-state index contributed by atoms with van der Waals surface area (Å²) in [6, 6.07) is 21.7. The van der Waals surface area contributed by atoms with E-state index >= 15 is 0 Å². The third-order valence-electron chi connectivity index (χ3n) is 4.37. The Morgan fingerprint density at radius 3 is 2.50 bits per heavy atom. The Morgan fingerprint density at radius 1 is 1.00 bits per heavy atom. The van der Waals surface area contributed by atoms with Crippen LogP contribution in [0.2, 0.25) is 0 Å². The molecular formula is C20H18N2O2. The van der Waals surface area contributed by atoms with E-state index in [4.69, 9.17) is 4.42 Å². The second-order valence-corrected chi connectivity index (χ2v) is 5.95. The van der Waals surface area contributed by atoms with E-state index in [-0.39, 0.29) is 11.8 Å². The van der Waals surface area contributed by atoms with Gasteiger partial charge in [-0.1, -0.05) is 48.5 Å². The van der Waals surface area contributed by atoms with Crippen molar-refractivity contribution < 1.29 is 9.21 Å². The maximum Gasteiger partial charge on any atom is 0.253 e. The second-order valence-electron chi connectivity index (χ2n) is 5.95. The second kappa shape index (κ2) is 5.98. The number of fused-ring (bicyclic) bond motifs is 1. The normalized spacial score (nSPS) is 16.7. The molecule has 1 amide bonds. The van der Waals surface area contributed by atoms with Crippen molar-refractivity contribution in [3.8, 4) is 0 Å². The smallest absolute Gasteiger partial charge is 0.253 e. The van der Waals surface area contributed by atoms with Crippen LogP contribution < -0.4 is 5.01 Å².